The van der Waals surface area contributed by atoms with Crippen LogP contribution in [0.15, 0.2) is 17.7 Å². The number of carbonyl (C=O) groups excluding carboxylic acids is 2. The molecule has 0 radical (unpaired) electrons. The minimum Gasteiger partial charge on any atom is -0.545 e. The summed E-state index contributed by atoms with van der Waals surface area (Å²) in [5.41, 5.74) is -3.18. The SMILES string of the molecule is O=C([O-])C(=Cc1cc(F)c(F)cc1[N+](=O)[O-])C(=O)[O-]. The Morgan fingerprint density at radius 1 is 1.11 bits per heavy atom. The fourth-order valence-corrected chi connectivity index (χ4v) is 1.18. The standard InChI is InChI=1S/C10H5F2NO6/c11-6-2-4(1-5(9(14)15)10(16)17)8(13(18)19)3-7(6)12/h1-3H,(H,14,15)(H,16,17)/p-2. The number of benzene rings is 1. The molecule has 1 aromatic carbocycles. The van der Waals surface area contributed by atoms with E-state index in [1.165, 1.54) is 0 Å². The minimum atomic E-state index is -2.18. The van der Waals surface area contributed by atoms with E-state index in [9.17, 15) is 38.7 Å². The Kier molecular flexibility index (Phi) is 3.90. The van der Waals surface area contributed by atoms with Crippen molar-refractivity contribution in [1.29, 1.82) is 0 Å². The van der Waals surface area contributed by atoms with Gasteiger partial charge >= 0.3 is 0 Å². The molecule has 0 aliphatic rings. The molecule has 19 heavy (non-hydrogen) atoms. The molecule has 100 valence electrons. The second-order valence-corrected chi connectivity index (χ2v) is 3.22. The van der Waals surface area contributed by atoms with Gasteiger partial charge in [-0.1, -0.05) is 0 Å². The van der Waals surface area contributed by atoms with Crippen LogP contribution in [0.2, 0.25) is 0 Å². The third-order valence-electron chi connectivity index (χ3n) is 2.01. The molecule has 0 amide bonds. The van der Waals surface area contributed by atoms with Crippen LogP contribution >= 0.6 is 0 Å². The maximum atomic E-state index is 12.9. The highest BCUT2D eigenvalue weighted by Gasteiger charge is 2.18. The zero-order valence-corrected chi connectivity index (χ0v) is 8.88. The number of halogens is 2. The molecule has 0 spiro atoms. The molecular formula is C10H3F2NO6-2. The van der Waals surface area contributed by atoms with Gasteiger partial charge in [0, 0.05) is 5.57 Å². The number of carbonyl (C=O) groups is 2. The van der Waals surface area contributed by atoms with Crippen molar-refractivity contribution >= 4 is 23.7 Å². The third kappa shape index (κ3) is 3.09. The number of aliphatic carboxylic acids is 2. The summed E-state index contributed by atoms with van der Waals surface area (Å²) < 4.78 is 25.7. The van der Waals surface area contributed by atoms with Crippen LogP contribution in [0, 0.1) is 21.7 Å². The molecule has 0 fully saturated rings. The van der Waals surface area contributed by atoms with Gasteiger partial charge in [-0.3, -0.25) is 10.1 Å². The molecule has 1 rings (SSSR count). The van der Waals surface area contributed by atoms with Gasteiger partial charge in [0.05, 0.1) is 28.5 Å². The van der Waals surface area contributed by atoms with Crippen molar-refractivity contribution < 1.29 is 33.5 Å². The lowest BCUT2D eigenvalue weighted by Crippen LogP contribution is -2.36. The molecule has 9 heteroatoms. The second kappa shape index (κ2) is 5.21. The highest BCUT2D eigenvalue weighted by Crippen LogP contribution is 2.24. The number of hydrogen-bond acceptors (Lipinski definition) is 6. The highest BCUT2D eigenvalue weighted by atomic mass is 19.2. The van der Waals surface area contributed by atoms with Crippen LogP contribution in [-0.4, -0.2) is 16.9 Å². The first kappa shape index (κ1) is 14.2. The Bertz CT molecular complexity index is 594. The Labute approximate surface area is 103 Å². The average molecular weight is 271 g/mol. The molecule has 0 atom stereocenters. The van der Waals surface area contributed by atoms with Crippen LogP contribution in [0.4, 0.5) is 14.5 Å². The van der Waals surface area contributed by atoms with E-state index in [4.69, 9.17) is 0 Å². The number of rotatable bonds is 4. The van der Waals surface area contributed by atoms with E-state index in [0.29, 0.717) is 6.07 Å². The summed E-state index contributed by atoms with van der Waals surface area (Å²) in [4.78, 5) is 30.3. The molecule has 0 saturated heterocycles. The number of nitro groups is 1. The Morgan fingerprint density at radius 2 is 1.58 bits per heavy atom. The zero-order valence-electron chi connectivity index (χ0n) is 8.88. The van der Waals surface area contributed by atoms with E-state index in [0.717, 1.165) is 0 Å². The summed E-state index contributed by atoms with van der Waals surface area (Å²) in [6, 6.07) is 0.489. The second-order valence-electron chi connectivity index (χ2n) is 3.22. The number of hydrogen-bond donors (Lipinski definition) is 0. The lowest BCUT2D eigenvalue weighted by atomic mass is 10.1. The van der Waals surface area contributed by atoms with Crippen molar-refractivity contribution in [3.63, 3.8) is 0 Å². The molecule has 0 bridgehead atoms. The number of nitrogens with zero attached hydrogens (tertiary/aromatic N) is 1. The van der Waals surface area contributed by atoms with E-state index in [-0.39, 0.29) is 12.1 Å². The van der Waals surface area contributed by atoms with E-state index >= 15 is 0 Å². The van der Waals surface area contributed by atoms with Gasteiger partial charge in [-0.05, 0) is 12.1 Å². The summed E-state index contributed by atoms with van der Waals surface area (Å²) in [5, 5.41) is 31.4. The largest absolute Gasteiger partial charge is 0.545 e. The molecule has 1 aromatic rings. The summed E-state index contributed by atoms with van der Waals surface area (Å²) in [5.74, 6) is -7.40. The van der Waals surface area contributed by atoms with Gasteiger partial charge < -0.3 is 19.8 Å². The van der Waals surface area contributed by atoms with Gasteiger partial charge in [0.15, 0.2) is 11.6 Å². The zero-order chi connectivity index (χ0) is 14.7. The first-order valence-corrected chi connectivity index (χ1v) is 4.52. The Morgan fingerprint density at radius 3 is 2.00 bits per heavy atom. The number of nitro benzene ring substituents is 1. The van der Waals surface area contributed by atoms with Crippen molar-refractivity contribution in [2.24, 2.45) is 0 Å². The van der Waals surface area contributed by atoms with Crippen molar-refractivity contribution in [3.8, 4) is 0 Å². The molecule has 0 unspecified atom stereocenters. The van der Waals surface area contributed by atoms with E-state index in [1.54, 1.807) is 0 Å². The van der Waals surface area contributed by atoms with E-state index < -0.39 is 45.3 Å². The summed E-state index contributed by atoms with van der Waals surface area (Å²) in [7, 11) is 0. The molecule has 7 nitrogen and oxygen atoms in total. The predicted molar refractivity (Wildman–Crippen MR) is 51.0 cm³/mol. The average Bonchev–Trinajstić information content (AvgIpc) is 2.28. The van der Waals surface area contributed by atoms with Crippen LogP contribution in [-0.2, 0) is 9.59 Å². The lowest BCUT2D eigenvalue weighted by molar-refractivity contribution is -0.385. The van der Waals surface area contributed by atoms with Gasteiger partial charge in [0.25, 0.3) is 5.69 Å². The molecule has 0 aliphatic heterocycles. The van der Waals surface area contributed by atoms with Crippen LogP contribution in [0.5, 0.6) is 0 Å². The Hall–Kier alpha value is -2.84. The van der Waals surface area contributed by atoms with Crippen molar-refractivity contribution in [2.45, 2.75) is 0 Å². The normalized spacial score (nSPS) is 9.79. The third-order valence-corrected chi connectivity index (χ3v) is 2.01. The van der Waals surface area contributed by atoms with Gasteiger partial charge in [0.1, 0.15) is 0 Å². The van der Waals surface area contributed by atoms with E-state index in [1.807, 2.05) is 0 Å². The number of carboxylic acid groups (broad SMARTS) is 2. The topological polar surface area (TPSA) is 123 Å². The van der Waals surface area contributed by atoms with Gasteiger partial charge in [-0.25, -0.2) is 8.78 Å². The highest BCUT2D eigenvalue weighted by molar-refractivity contribution is 6.14. The fraction of sp³-hybridized carbons (Fsp3) is 0. The monoisotopic (exact) mass is 271 g/mol. The van der Waals surface area contributed by atoms with E-state index in [2.05, 4.69) is 0 Å². The molecule has 0 N–H and O–H groups in total. The van der Waals surface area contributed by atoms with Crippen LogP contribution in [0.3, 0.4) is 0 Å². The molecule has 0 aromatic heterocycles. The quantitative estimate of drug-likeness (QED) is 0.222. The van der Waals surface area contributed by atoms with Crippen molar-refractivity contribution in [2.75, 3.05) is 0 Å². The smallest absolute Gasteiger partial charge is 0.279 e. The van der Waals surface area contributed by atoms with Gasteiger partial charge in [-0.15, -0.1) is 0 Å². The predicted octanol–water partition coefficient (Wildman–Crippen LogP) is -1.24. The number of carboxylic acids is 2. The minimum absolute atomic E-state index is 0.198. The van der Waals surface area contributed by atoms with Crippen LogP contribution < -0.4 is 10.2 Å². The van der Waals surface area contributed by atoms with Crippen molar-refractivity contribution in [3.05, 3.63) is 45.0 Å². The maximum absolute atomic E-state index is 12.9. The van der Waals surface area contributed by atoms with Crippen LogP contribution in [0.25, 0.3) is 6.08 Å². The Balaban J connectivity index is 3.53. The van der Waals surface area contributed by atoms with Gasteiger partial charge in [0.2, 0.25) is 0 Å². The van der Waals surface area contributed by atoms with Crippen molar-refractivity contribution in [1.82, 2.24) is 0 Å². The summed E-state index contributed by atoms with van der Waals surface area (Å²) >= 11 is 0. The molecule has 0 saturated carbocycles. The fourth-order valence-electron chi connectivity index (χ4n) is 1.18. The van der Waals surface area contributed by atoms with Gasteiger partial charge in [-0.2, -0.15) is 0 Å². The summed E-state index contributed by atoms with van der Waals surface area (Å²) in [6.07, 6.45) is 0.255. The first-order chi connectivity index (χ1) is 8.73. The molecule has 0 heterocycles. The molecule has 0 aliphatic carbocycles. The molecular weight excluding hydrogens is 268 g/mol. The maximum Gasteiger partial charge on any atom is 0.279 e. The lowest BCUT2D eigenvalue weighted by Gasteiger charge is -2.09. The summed E-state index contributed by atoms with van der Waals surface area (Å²) in [6.45, 7) is 0. The van der Waals surface area contributed by atoms with Crippen LogP contribution in [0.1, 0.15) is 5.56 Å². The first-order valence-electron chi connectivity index (χ1n) is 4.52.